The summed E-state index contributed by atoms with van der Waals surface area (Å²) in [6.07, 6.45) is 2.23. The van der Waals surface area contributed by atoms with Gasteiger partial charge in [-0.15, -0.1) is 11.3 Å². The van der Waals surface area contributed by atoms with E-state index in [9.17, 15) is 9.18 Å². The van der Waals surface area contributed by atoms with Crippen molar-refractivity contribution in [3.05, 3.63) is 50.9 Å². The Balaban J connectivity index is 1.74. The van der Waals surface area contributed by atoms with Gasteiger partial charge in [0.1, 0.15) is 11.9 Å². The van der Waals surface area contributed by atoms with Gasteiger partial charge in [0.05, 0.1) is 4.34 Å². The van der Waals surface area contributed by atoms with Crippen LogP contribution in [0.2, 0.25) is 4.34 Å². The topological polar surface area (TPSA) is 73.4 Å². The van der Waals surface area contributed by atoms with Crippen molar-refractivity contribution in [2.24, 2.45) is 0 Å². The number of carbonyl (C=O) groups is 1. The Kier molecular flexibility index (Phi) is 8.31. The van der Waals surface area contributed by atoms with E-state index in [0.717, 1.165) is 30.3 Å². The molecule has 26 heavy (non-hydrogen) atoms. The quantitative estimate of drug-likeness (QED) is 0.276. The highest BCUT2D eigenvalue weighted by atomic mass is 35.5. The number of thiophene rings is 1. The summed E-state index contributed by atoms with van der Waals surface area (Å²) in [6.45, 7) is 3.25. The molecule has 2 rings (SSSR count). The molecule has 1 aromatic heterocycles. The van der Waals surface area contributed by atoms with Gasteiger partial charge in [0.15, 0.2) is 0 Å². The van der Waals surface area contributed by atoms with Gasteiger partial charge in [-0.05, 0) is 68.6 Å². The maximum Gasteiger partial charge on any atom is 0.265 e. The summed E-state index contributed by atoms with van der Waals surface area (Å²) in [5, 5.41) is 15.3. The average Bonchev–Trinajstić information content (AvgIpc) is 3.04. The van der Waals surface area contributed by atoms with Crippen molar-refractivity contribution in [3.63, 3.8) is 0 Å². The fraction of sp³-hybridized carbons (Fsp3) is 0.389. The molecule has 8 heteroatoms. The van der Waals surface area contributed by atoms with Crippen LogP contribution >= 0.6 is 22.9 Å². The molecule has 0 aliphatic carbocycles. The third kappa shape index (κ3) is 6.57. The minimum Gasteiger partial charge on any atom is -0.374 e. The molecule has 142 valence electrons. The van der Waals surface area contributed by atoms with Crippen LogP contribution in [-0.2, 0) is 11.3 Å². The highest BCUT2D eigenvalue weighted by molar-refractivity contribution is 7.16. The zero-order chi connectivity index (χ0) is 18.9. The molecule has 4 N–H and O–H groups in total. The summed E-state index contributed by atoms with van der Waals surface area (Å²) in [7, 11) is 0. The molecule has 0 spiro atoms. The Bertz CT molecular complexity index is 726. The van der Waals surface area contributed by atoms with Crippen LogP contribution in [0.25, 0.3) is 0 Å². The zero-order valence-corrected chi connectivity index (χ0v) is 16.1. The van der Waals surface area contributed by atoms with Crippen molar-refractivity contribution in [1.82, 2.24) is 10.8 Å². The van der Waals surface area contributed by atoms with Crippen molar-refractivity contribution >= 4 is 34.5 Å². The lowest BCUT2D eigenvalue weighted by Crippen LogP contribution is -2.38. The molecule has 1 atom stereocenters. The first-order valence-electron chi connectivity index (χ1n) is 8.41. The van der Waals surface area contributed by atoms with Gasteiger partial charge in [-0.1, -0.05) is 11.6 Å². The van der Waals surface area contributed by atoms with Gasteiger partial charge in [-0.2, -0.15) is 0 Å². The van der Waals surface area contributed by atoms with Gasteiger partial charge < -0.3 is 10.6 Å². The summed E-state index contributed by atoms with van der Waals surface area (Å²) < 4.78 is 14.1. The van der Waals surface area contributed by atoms with Gasteiger partial charge in [-0.25, -0.2) is 9.87 Å². The molecule has 2 aromatic rings. The maximum absolute atomic E-state index is 13.3. The molecule has 1 heterocycles. The highest BCUT2D eigenvalue weighted by Crippen LogP contribution is 2.21. The maximum atomic E-state index is 13.3. The second kappa shape index (κ2) is 10.5. The highest BCUT2D eigenvalue weighted by Gasteiger charge is 2.17. The lowest BCUT2D eigenvalue weighted by Gasteiger charge is -2.18. The number of amides is 1. The second-order valence-corrected chi connectivity index (χ2v) is 7.81. The largest absolute Gasteiger partial charge is 0.374 e. The number of aryl methyl sites for hydroxylation is 1. The Labute approximate surface area is 161 Å². The lowest BCUT2D eigenvalue weighted by atomic mass is 10.1. The number of nitrogens with one attached hydrogen (secondary N) is 3. The molecule has 5 nitrogen and oxygen atoms in total. The molecule has 0 saturated heterocycles. The molecular weight excluding hydrogens is 377 g/mol. The lowest BCUT2D eigenvalue weighted by molar-refractivity contribution is -0.130. The summed E-state index contributed by atoms with van der Waals surface area (Å²) in [6, 6.07) is 7.86. The van der Waals surface area contributed by atoms with E-state index in [0.29, 0.717) is 17.7 Å². The van der Waals surface area contributed by atoms with Gasteiger partial charge in [0.2, 0.25) is 0 Å². The van der Waals surface area contributed by atoms with Crippen molar-refractivity contribution in [3.8, 4) is 0 Å². The van der Waals surface area contributed by atoms with Gasteiger partial charge >= 0.3 is 0 Å². The first kappa shape index (κ1) is 20.6. The molecule has 0 fully saturated rings. The third-order valence-corrected chi connectivity index (χ3v) is 5.18. The summed E-state index contributed by atoms with van der Waals surface area (Å²) in [5.74, 6) is -0.801. The number of halogens is 2. The van der Waals surface area contributed by atoms with Crippen LogP contribution in [0.4, 0.5) is 10.1 Å². The Morgan fingerprint density at radius 1 is 1.31 bits per heavy atom. The van der Waals surface area contributed by atoms with Crippen molar-refractivity contribution in [2.45, 2.75) is 38.8 Å². The van der Waals surface area contributed by atoms with E-state index < -0.39 is 11.9 Å². The number of benzene rings is 1. The minimum atomic E-state index is -0.582. The Morgan fingerprint density at radius 2 is 2.12 bits per heavy atom. The number of unbranched alkanes of at least 4 members (excludes halogenated alkanes) is 1. The minimum absolute atomic E-state index is 0.295. The van der Waals surface area contributed by atoms with Crippen LogP contribution in [0.5, 0.6) is 0 Å². The van der Waals surface area contributed by atoms with E-state index in [-0.39, 0.29) is 5.82 Å². The van der Waals surface area contributed by atoms with Crippen LogP contribution in [0.1, 0.15) is 29.7 Å². The van der Waals surface area contributed by atoms with Crippen molar-refractivity contribution in [2.75, 3.05) is 11.9 Å². The standard InChI is InChI=1S/C18H23ClFN3O2S/c1-12-10-13(5-7-15(12)20)22-16(18(24)23-25)4-2-3-9-21-11-14-6-8-17(19)26-14/h5-8,10,16,21-22,25H,2-4,9,11H2,1H3,(H,23,24)/t16-/m1/s1. The molecule has 0 unspecified atom stereocenters. The molecule has 0 saturated carbocycles. The molecule has 0 radical (unpaired) electrons. The Hall–Kier alpha value is -1.67. The molecular formula is C18H23ClFN3O2S. The summed E-state index contributed by atoms with van der Waals surface area (Å²) in [5.41, 5.74) is 2.82. The summed E-state index contributed by atoms with van der Waals surface area (Å²) in [4.78, 5) is 13.0. The third-order valence-electron chi connectivity index (χ3n) is 3.95. The van der Waals surface area contributed by atoms with Crippen molar-refractivity contribution < 1.29 is 14.4 Å². The number of rotatable bonds is 10. The van der Waals surface area contributed by atoms with E-state index in [1.165, 1.54) is 10.9 Å². The molecule has 1 amide bonds. The predicted molar refractivity (Wildman–Crippen MR) is 103 cm³/mol. The first-order chi connectivity index (χ1) is 12.5. The van der Waals surface area contributed by atoms with Gasteiger partial charge in [0, 0.05) is 17.1 Å². The smallest absolute Gasteiger partial charge is 0.265 e. The van der Waals surface area contributed by atoms with E-state index >= 15 is 0 Å². The zero-order valence-electron chi connectivity index (χ0n) is 14.5. The predicted octanol–water partition coefficient (Wildman–Crippen LogP) is 4.10. The SMILES string of the molecule is Cc1cc(N[C@H](CCCCNCc2ccc(Cl)s2)C(=O)NO)ccc1F. The average molecular weight is 400 g/mol. The Morgan fingerprint density at radius 3 is 2.77 bits per heavy atom. The van der Waals surface area contributed by atoms with Crippen LogP contribution in [0, 0.1) is 12.7 Å². The van der Waals surface area contributed by atoms with E-state index in [1.807, 2.05) is 12.1 Å². The van der Waals surface area contributed by atoms with Crippen LogP contribution < -0.4 is 16.1 Å². The number of hydroxylamine groups is 1. The van der Waals surface area contributed by atoms with Crippen LogP contribution in [0.3, 0.4) is 0 Å². The van der Waals surface area contributed by atoms with Crippen LogP contribution in [-0.4, -0.2) is 23.7 Å². The normalized spacial score (nSPS) is 12.0. The van der Waals surface area contributed by atoms with Crippen LogP contribution in [0.15, 0.2) is 30.3 Å². The number of anilines is 1. The van der Waals surface area contributed by atoms with E-state index in [2.05, 4.69) is 10.6 Å². The molecule has 0 bridgehead atoms. The number of hydrogen-bond donors (Lipinski definition) is 4. The van der Waals surface area contributed by atoms with E-state index in [4.69, 9.17) is 16.8 Å². The summed E-state index contributed by atoms with van der Waals surface area (Å²) >= 11 is 7.44. The van der Waals surface area contributed by atoms with E-state index in [1.54, 1.807) is 35.9 Å². The second-order valence-electron chi connectivity index (χ2n) is 6.02. The first-order valence-corrected chi connectivity index (χ1v) is 9.60. The fourth-order valence-corrected chi connectivity index (χ4v) is 3.60. The number of carbonyl (C=O) groups excluding carboxylic acids is 1. The fourth-order valence-electron chi connectivity index (χ4n) is 2.54. The molecule has 0 aliphatic rings. The van der Waals surface area contributed by atoms with Gasteiger partial charge in [0.25, 0.3) is 5.91 Å². The van der Waals surface area contributed by atoms with Crippen molar-refractivity contribution in [1.29, 1.82) is 0 Å². The van der Waals surface area contributed by atoms with Gasteiger partial charge in [-0.3, -0.25) is 10.0 Å². The monoisotopic (exact) mass is 399 g/mol. The molecule has 0 aliphatic heterocycles. The molecule has 1 aromatic carbocycles. The number of hydrogen-bond acceptors (Lipinski definition) is 5.